The minimum absolute atomic E-state index is 0.397. The Bertz CT molecular complexity index is 629. The number of aryl methyl sites for hydroxylation is 2. The van der Waals surface area contributed by atoms with Gasteiger partial charge in [0.15, 0.2) is 0 Å². The molecule has 0 radical (unpaired) electrons. The van der Waals surface area contributed by atoms with Crippen molar-refractivity contribution in [2.24, 2.45) is 0 Å². The number of nitrogens with zero attached hydrogens (tertiary/aromatic N) is 2. The minimum atomic E-state index is 0.397. The van der Waals surface area contributed by atoms with Gasteiger partial charge in [-0.3, -0.25) is 9.69 Å². The molecule has 2 fully saturated rings. The maximum Gasteiger partial charge on any atom is 0.137 e. The molecular weight excluding hydrogens is 312 g/mol. The zero-order chi connectivity index (χ0) is 17.2. The average molecular weight is 342 g/mol. The Morgan fingerprint density at radius 3 is 2.52 bits per heavy atom. The first-order chi connectivity index (χ1) is 12.2. The highest BCUT2D eigenvalue weighted by Gasteiger charge is 2.27. The summed E-state index contributed by atoms with van der Waals surface area (Å²) in [6.07, 6.45) is 5.83. The number of ketones is 1. The number of morpholine rings is 1. The van der Waals surface area contributed by atoms with Gasteiger partial charge in [0.2, 0.25) is 0 Å². The maximum absolute atomic E-state index is 11.9. The van der Waals surface area contributed by atoms with Crippen molar-refractivity contribution in [3.63, 3.8) is 0 Å². The fourth-order valence-electron chi connectivity index (χ4n) is 4.69. The zero-order valence-corrected chi connectivity index (χ0v) is 15.4. The third-order valence-electron chi connectivity index (χ3n) is 6.21. The molecular formula is C21H30N2O2. The van der Waals surface area contributed by atoms with Crippen LogP contribution < -0.4 is 4.90 Å². The largest absolute Gasteiger partial charge is 0.379 e. The van der Waals surface area contributed by atoms with Gasteiger partial charge in [-0.25, -0.2) is 0 Å². The molecule has 0 bridgehead atoms. The van der Waals surface area contributed by atoms with Gasteiger partial charge in [-0.15, -0.1) is 0 Å². The molecule has 4 heteroatoms. The molecule has 0 aromatic heterocycles. The first kappa shape index (κ1) is 17.0. The van der Waals surface area contributed by atoms with Crippen LogP contribution in [-0.4, -0.2) is 56.1 Å². The van der Waals surface area contributed by atoms with Crippen molar-refractivity contribution >= 4 is 11.5 Å². The molecule has 2 saturated heterocycles. The van der Waals surface area contributed by atoms with Gasteiger partial charge in [0.05, 0.1) is 13.2 Å². The Labute approximate surface area is 151 Å². The van der Waals surface area contributed by atoms with Crippen LogP contribution in [0.2, 0.25) is 0 Å². The first-order valence-electron chi connectivity index (χ1n) is 9.97. The van der Waals surface area contributed by atoms with Crippen molar-refractivity contribution in [3.8, 4) is 0 Å². The predicted molar refractivity (Wildman–Crippen MR) is 100 cm³/mol. The van der Waals surface area contributed by atoms with Crippen LogP contribution in [0, 0.1) is 0 Å². The van der Waals surface area contributed by atoms with Gasteiger partial charge in [0, 0.05) is 50.7 Å². The SMILES string of the molecule is CCc1cc2c(cc1N1CCC(N3CCOCC3)CC1)CC(=O)CC2. The normalized spacial score (nSPS) is 22.9. The van der Waals surface area contributed by atoms with E-state index in [1.165, 1.54) is 35.2 Å². The van der Waals surface area contributed by atoms with Gasteiger partial charge in [-0.1, -0.05) is 13.0 Å². The van der Waals surface area contributed by atoms with Crippen LogP contribution in [0.4, 0.5) is 5.69 Å². The smallest absolute Gasteiger partial charge is 0.137 e. The van der Waals surface area contributed by atoms with Crippen molar-refractivity contribution in [3.05, 3.63) is 28.8 Å². The van der Waals surface area contributed by atoms with Crippen molar-refractivity contribution in [2.75, 3.05) is 44.3 Å². The number of piperidine rings is 1. The van der Waals surface area contributed by atoms with Gasteiger partial charge in [-0.05, 0) is 48.4 Å². The third-order valence-corrected chi connectivity index (χ3v) is 6.21. The molecule has 0 spiro atoms. The van der Waals surface area contributed by atoms with E-state index in [1.54, 1.807) is 0 Å². The number of benzene rings is 1. The molecule has 1 aliphatic carbocycles. The molecule has 4 rings (SSSR count). The molecule has 136 valence electrons. The van der Waals surface area contributed by atoms with Crippen LogP contribution in [0.1, 0.15) is 42.9 Å². The monoisotopic (exact) mass is 342 g/mol. The van der Waals surface area contributed by atoms with E-state index in [2.05, 4.69) is 28.9 Å². The number of fused-ring (bicyclic) bond motifs is 1. The summed E-state index contributed by atoms with van der Waals surface area (Å²) in [7, 11) is 0. The van der Waals surface area contributed by atoms with Gasteiger partial charge in [-0.2, -0.15) is 0 Å². The summed E-state index contributed by atoms with van der Waals surface area (Å²) in [5.41, 5.74) is 5.52. The lowest BCUT2D eigenvalue weighted by Crippen LogP contribution is -2.49. The summed E-state index contributed by atoms with van der Waals surface area (Å²) in [5, 5.41) is 0. The second-order valence-electron chi connectivity index (χ2n) is 7.69. The molecule has 1 aromatic rings. The highest BCUT2D eigenvalue weighted by atomic mass is 16.5. The lowest BCUT2D eigenvalue weighted by atomic mass is 9.87. The summed E-state index contributed by atoms with van der Waals surface area (Å²) < 4.78 is 5.49. The number of ether oxygens (including phenoxy) is 1. The molecule has 3 aliphatic rings. The quantitative estimate of drug-likeness (QED) is 0.845. The molecule has 0 N–H and O–H groups in total. The van der Waals surface area contributed by atoms with E-state index in [1.807, 2.05) is 0 Å². The Balaban J connectivity index is 1.48. The maximum atomic E-state index is 11.9. The minimum Gasteiger partial charge on any atom is -0.379 e. The predicted octanol–water partition coefficient (Wildman–Crippen LogP) is 2.61. The number of hydrogen-bond donors (Lipinski definition) is 0. The van der Waals surface area contributed by atoms with Gasteiger partial charge >= 0.3 is 0 Å². The van der Waals surface area contributed by atoms with Crippen molar-refractivity contribution in [1.82, 2.24) is 4.90 Å². The highest BCUT2D eigenvalue weighted by Crippen LogP contribution is 2.32. The topological polar surface area (TPSA) is 32.8 Å². The van der Waals surface area contributed by atoms with E-state index in [4.69, 9.17) is 4.74 Å². The number of hydrogen-bond acceptors (Lipinski definition) is 4. The second-order valence-corrected chi connectivity index (χ2v) is 7.69. The Hall–Kier alpha value is -1.39. The van der Waals surface area contributed by atoms with E-state index in [0.29, 0.717) is 18.2 Å². The summed E-state index contributed by atoms with van der Waals surface area (Å²) >= 11 is 0. The Kier molecular flexibility index (Phi) is 5.09. The summed E-state index contributed by atoms with van der Waals surface area (Å²) in [5.74, 6) is 0.397. The van der Waals surface area contributed by atoms with Crippen LogP contribution in [0.5, 0.6) is 0 Å². The van der Waals surface area contributed by atoms with Crippen LogP contribution in [0.15, 0.2) is 12.1 Å². The zero-order valence-electron chi connectivity index (χ0n) is 15.4. The first-order valence-corrected chi connectivity index (χ1v) is 9.97. The fraction of sp³-hybridized carbons (Fsp3) is 0.667. The molecule has 0 saturated carbocycles. The van der Waals surface area contributed by atoms with Crippen molar-refractivity contribution in [1.29, 1.82) is 0 Å². The lowest BCUT2D eigenvalue weighted by Gasteiger charge is -2.41. The number of Topliss-reactive ketones (excluding diaryl/α,β-unsaturated/α-hetero) is 1. The second kappa shape index (κ2) is 7.46. The summed E-state index contributed by atoms with van der Waals surface area (Å²) in [6, 6.07) is 5.43. The Morgan fingerprint density at radius 2 is 1.80 bits per heavy atom. The third kappa shape index (κ3) is 3.61. The summed E-state index contributed by atoms with van der Waals surface area (Å²) in [4.78, 5) is 17.0. The standard InChI is InChI=1S/C21H30N2O2/c1-2-16-13-17-3-4-20(24)14-18(17)15-21(16)23-7-5-19(6-8-23)22-9-11-25-12-10-22/h13,15,19H,2-12,14H2,1H3. The van der Waals surface area contributed by atoms with E-state index in [9.17, 15) is 4.79 Å². The van der Waals surface area contributed by atoms with E-state index >= 15 is 0 Å². The number of rotatable bonds is 3. The number of carbonyl (C=O) groups excluding carboxylic acids is 1. The number of anilines is 1. The molecule has 1 aromatic carbocycles. The van der Waals surface area contributed by atoms with Crippen LogP contribution >= 0.6 is 0 Å². The lowest BCUT2D eigenvalue weighted by molar-refractivity contribution is -0.118. The van der Waals surface area contributed by atoms with Gasteiger partial charge < -0.3 is 9.64 Å². The van der Waals surface area contributed by atoms with Crippen LogP contribution in [-0.2, 0) is 28.8 Å². The molecule has 0 atom stereocenters. The fourth-order valence-corrected chi connectivity index (χ4v) is 4.69. The molecule has 0 amide bonds. The van der Waals surface area contributed by atoms with Crippen molar-refractivity contribution in [2.45, 2.75) is 51.5 Å². The van der Waals surface area contributed by atoms with E-state index < -0.39 is 0 Å². The Morgan fingerprint density at radius 1 is 1.04 bits per heavy atom. The molecule has 25 heavy (non-hydrogen) atoms. The number of carbonyl (C=O) groups is 1. The summed E-state index contributed by atoms with van der Waals surface area (Å²) in [6.45, 7) is 8.46. The highest BCUT2D eigenvalue weighted by molar-refractivity contribution is 5.84. The molecule has 4 nitrogen and oxygen atoms in total. The van der Waals surface area contributed by atoms with Gasteiger partial charge in [0.1, 0.15) is 5.78 Å². The molecule has 2 aliphatic heterocycles. The van der Waals surface area contributed by atoms with Crippen LogP contribution in [0.25, 0.3) is 0 Å². The van der Waals surface area contributed by atoms with Crippen molar-refractivity contribution < 1.29 is 9.53 Å². The van der Waals surface area contributed by atoms with E-state index in [0.717, 1.165) is 58.7 Å². The average Bonchev–Trinajstić information content (AvgIpc) is 2.68. The van der Waals surface area contributed by atoms with Crippen LogP contribution in [0.3, 0.4) is 0 Å². The molecule has 2 heterocycles. The molecule has 0 unspecified atom stereocenters. The van der Waals surface area contributed by atoms with Gasteiger partial charge in [0.25, 0.3) is 0 Å². The van der Waals surface area contributed by atoms with E-state index in [-0.39, 0.29) is 0 Å².